The zero-order chi connectivity index (χ0) is 10.4. The van der Waals surface area contributed by atoms with E-state index in [0.29, 0.717) is 6.04 Å². The first-order valence-corrected chi connectivity index (χ1v) is 5.28. The Balaban J connectivity index is 2.48. The summed E-state index contributed by atoms with van der Waals surface area (Å²) >= 11 is 0. The van der Waals surface area contributed by atoms with E-state index in [-0.39, 0.29) is 0 Å². The summed E-state index contributed by atoms with van der Waals surface area (Å²) in [6, 6.07) is 4.64. The maximum atomic E-state index is 3.75. The van der Waals surface area contributed by atoms with Gasteiger partial charge in [-0.3, -0.25) is 0 Å². The molecule has 1 atom stereocenters. The van der Waals surface area contributed by atoms with Crippen molar-refractivity contribution in [2.24, 2.45) is 0 Å². The highest BCUT2D eigenvalue weighted by Gasteiger charge is 2.00. The maximum absolute atomic E-state index is 3.75. The van der Waals surface area contributed by atoms with Gasteiger partial charge in [-0.25, -0.2) is 0 Å². The van der Waals surface area contributed by atoms with Crippen LogP contribution in [0.3, 0.4) is 0 Å². The standard InChI is InChI=1S/C12H20N2/c1-4-8-14-9-6-7-12(14)10-13-11(3)5-2/h5-7,9,11,13H,2,4,8,10H2,1,3H3. The van der Waals surface area contributed by atoms with E-state index < -0.39 is 0 Å². The van der Waals surface area contributed by atoms with Gasteiger partial charge in [-0.2, -0.15) is 0 Å². The van der Waals surface area contributed by atoms with Gasteiger partial charge < -0.3 is 9.88 Å². The molecule has 2 heteroatoms. The van der Waals surface area contributed by atoms with Crippen LogP contribution in [0.1, 0.15) is 26.0 Å². The Morgan fingerprint density at radius 1 is 1.64 bits per heavy atom. The smallest absolute Gasteiger partial charge is 0.0364 e. The van der Waals surface area contributed by atoms with Crippen molar-refractivity contribution in [2.45, 2.75) is 39.4 Å². The van der Waals surface area contributed by atoms with Gasteiger partial charge in [0.25, 0.3) is 0 Å². The van der Waals surface area contributed by atoms with E-state index in [9.17, 15) is 0 Å². The van der Waals surface area contributed by atoms with Gasteiger partial charge in [-0.05, 0) is 25.5 Å². The van der Waals surface area contributed by atoms with Crippen molar-refractivity contribution in [1.29, 1.82) is 0 Å². The van der Waals surface area contributed by atoms with E-state index in [1.54, 1.807) is 0 Å². The Bertz CT molecular complexity index is 276. The SMILES string of the molecule is C=CC(C)NCc1cccn1CCC. The summed E-state index contributed by atoms with van der Waals surface area (Å²) in [5.41, 5.74) is 1.35. The maximum Gasteiger partial charge on any atom is 0.0364 e. The normalized spacial score (nSPS) is 12.7. The largest absolute Gasteiger partial charge is 0.350 e. The summed E-state index contributed by atoms with van der Waals surface area (Å²) in [5, 5.41) is 3.39. The molecule has 0 spiro atoms. The van der Waals surface area contributed by atoms with Gasteiger partial charge >= 0.3 is 0 Å². The summed E-state index contributed by atoms with van der Waals surface area (Å²) in [6.07, 6.45) is 5.24. The van der Waals surface area contributed by atoms with E-state index >= 15 is 0 Å². The van der Waals surface area contributed by atoms with Crippen LogP contribution in [0, 0.1) is 0 Å². The van der Waals surface area contributed by atoms with Crippen LogP contribution in [-0.4, -0.2) is 10.6 Å². The molecule has 1 aromatic rings. The number of nitrogens with zero attached hydrogens (tertiary/aromatic N) is 1. The molecule has 14 heavy (non-hydrogen) atoms. The van der Waals surface area contributed by atoms with Crippen molar-refractivity contribution in [3.8, 4) is 0 Å². The molecule has 0 bridgehead atoms. The van der Waals surface area contributed by atoms with Crippen molar-refractivity contribution >= 4 is 0 Å². The van der Waals surface area contributed by atoms with E-state index in [1.165, 1.54) is 12.1 Å². The Kier molecular flexibility index (Phi) is 4.47. The lowest BCUT2D eigenvalue weighted by atomic mass is 10.3. The van der Waals surface area contributed by atoms with Gasteiger partial charge in [-0.15, -0.1) is 6.58 Å². The summed E-state index contributed by atoms with van der Waals surface area (Å²) in [6.45, 7) is 10.1. The van der Waals surface area contributed by atoms with Crippen LogP contribution in [0.25, 0.3) is 0 Å². The van der Waals surface area contributed by atoms with Gasteiger partial charge in [0.15, 0.2) is 0 Å². The quantitative estimate of drug-likeness (QED) is 0.685. The number of nitrogens with one attached hydrogen (secondary N) is 1. The first-order valence-electron chi connectivity index (χ1n) is 5.28. The van der Waals surface area contributed by atoms with Crippen molar-refractivity contribution in [2.75, 3.05) is 0 Å². The van der Waals surface area contributed by atoms with Gasteiger partial charge in [0.1, 0.15) is 0 Å². The van der Waals surface area contributed by atoms with Gasteiger partial charge in [0, 0.05) is 31.0 Å². The fraction of sp³-hybridized carbons (Fsp3) is 0.500. The molecule has 2 nitrogen and oxygen atoms in total. The number of aryl methyl sites for hydroxylation is 1. The number of hydrogen-bond acceptors (Lipinski definition) is 1. The average Bonchev–Trinajstić information content (AvgIpc) is 2.62. The van der Waals surface area contributed by atoms with E-state index in [4.69, 9.17) is 0 Å². The van der Waals surface area contributed by atoms with Crippen LogP contribution in [0.15, 0.2) is 31.0 Å². The third-order valence-electron chi connectivity index (χ3n) is 2.35. The second-order valence-corrected chi connectivity index (χ2v) is 3.60. The van der Waals surface area contributed by atoms with Crippen molar-refractivity contribution in [1.82, 2.24) is 9.88 Å². The molecular weight excluding hydrogens is 172 g/mol. The van der Waals surface area contributed by atoms with E-state index in [2.05, 4.69) is 48.6 Å². The number of rotatable bonds is 6. The molecule has 0 aliphatic rings. The lowest BCUT2D eigenvalue weighted by Crippen LogP contribution is -2.24. The zero-order valence-corrected chi connectivity index (χ0v) is 9.16. The lowest BCUT2D eigenvalue weighted by Gasteiger charge is -2.11. The molecule has 0 saturated heterocycles. The summed E-state index contributed by atoms with van der Waals surface area (Å²) in [5.74, 6) is 0. The summed E-state index contributed by atoms with van der Waals surface area (Å²) in [4.78, 5) is 0. The van der Waals surface area contributed by atoms with E-state index in [0.717, 1.165) is 13.1 Å². The first-order chi connectivity index (χ1) is 6.77. The fourth-order valence-electron chi connectivity index (χ4n) is 1.42. The zero-order valence-electron chi connectivity index (χ0n) is 9.16. The Hall–Kier alpha value is -1.02. The van der Waals surface area contributed by atoms with Crippen LogP contribution < -0.4 is 5.32 Å². The molecule has 1 unspecified atom stereocenters. The average molecular weight is 192 g/mol. The number of hydrogen-bond donors (Lipinski definition) is 1. The molecule has 0 radical (unpaired) electrons. The second kappa shape index (κ2) is 5.66. The molecule has 0 saturated carbocycles. The molecule has 0 aliphatic heterocycles. The summed E-state index contributed by atoms with van der Waals surface area (Å²) in [7, 11) is 0. The monoisotopic (exact) mass is 192 g/mol. The van der Waals surface area contributed by atoms with Gasteiger partial charge in [0.05, 0.1) is 0 Å². The van der Waals surface area contributed by atoms with Crippen LogP contribution in [0.2, 0.25) is 0 Å². The lowest BCUT2D eigenvalue weighted by molar-refractivity contribution is 0.578. The van der Waals surface area contributed by atoms with Crippen molar-refractivity contribution < 1.29 is 0 Å². The van der Waals surface area contributed by atoms with Crippen molar-refractivity contribution in [3.05, 3.63) is 36.7 Å². The van der Waals surface area contributed by atoms with Crippen LogP contribution in [0.5, 0.6) is 0 Å². The molecule has 0 fully saturated rings. The first kappa shape index (κ1) is 11.1. The third kappa shape index (κ3) is 3.04. The van der Waals surface area contributed by atoms with Gasteiger partial charge in [0.2, 0.25) is 0 Å². The van der Waals surface area contributed by atoms with Crippen LogP contribution >= 0.6 is 0 Å². The predicted molar refractivity (Wildman–Crippen MR) is 61.2 cm³/mol. The van der Waals surface area contributed by atoms with Gasteiger partial charge in [-0.1, -0.05) is 13.0 Å². The molecule has 78 valence electrons. The minimum Gasteiger partial charge on any atom is -0.350 e. The Labute approximate surface area is 86.6 Å². The number of aromatic nitrogens is 1. The molecule has 0 aliphatic carbocycles. The summed E-state index contributed by atoms with van der Waals surface area (Å²) < 4.78 is 2.29. The van der Waals surface area contributed by atoms with E-state index in [1.807, 2.05) is 6.08 Å². The molecule has 0 aromatic carbocycles. The minimum absolute atomic E-state index is 0.375. The van der Waals surface area contributed by atoms with Crippen LogP contribution in [0.4, 0.5) is 0 Å². The predicted octanol–water partition coefficient (Wildman–Crippen LogP) is 2.56. The third-order valence-corrected chi connectivity index (χ3v) is 2.35. The van der Waals surface area contributed by atoms with Crippen LogP contribution in [-0.2, 0) is 13.1 Å². The highest BCUT2D eigenvalue weighted by molar-refractivity contribution is 5.07. The molecule has 1 rings (SSSR count). The molecule has 0 amide bonds. The molecular formula is C12H20N2. The topological polar surface area (TPSA) is 17.0 Å². The molecule has 1 aromatic heterocycles. The highest BCUT2D eigenvalue weighted by Crippen LogP contribution is 2.03. The second-order valence-electron chi connectivity index (χ2n) is 3.60. The molecule has 1 N–H and O–H groups in total. The Morgan fingerprint density at radius 3 is 3.07 bits per heavy atom. The van der Waals surface area contributed by atoms with Crippen molar-refractivity contribution in [3.63, 3.8) is 0 Å². The highest BCUT2D eigenvalue weighted by atomic mass is 15.0. The fourth-order valence-corrected chi connectivity index (χ4v) is 1.42. The molecule has 1 heterocycles. The Morgan fingerprint density at radius 2 is 2.43 bits per heavy atom. The minimum atomic E-state index is 0.375.